The van der Waals surface area contributed by atoms with Gasteiger partial charge in [-0.3, -0.25) is 9.59 Å². The van der Waals surface area contributed by atoms with E-state index >= 15 is 0 Å². The number of carbonyl (C=O) groups excluding carboxylic acids is 1. The third kappa shape index (κ3) is 3.62. The minimum Gasteiger partial charge on any atom is -0.481 e. The Hall–Kier alpha value is -1.26. The van der Waals surface area contributed by atoms with Crippen LogP contribution in [-0.2, 0) is 9.59 Å². The standard InChI is InChI=1S/C12H13Cl2NO3/c1-6(12(17)18)11(16)15-7(2)8-3-4-9(13)10(14)5-8/h3-7H,1-2H3,(H,15,16)(H,17,18). The van der Waals surface area contributed by atoms with Gasteiger partial charge in [0.2, 0.25) is 5.91 Å². The average molecular weight is 290 g/mol. The number of carboxylic acids is 1. The molecule has 0 bridgehead atoms. The zero-order valence-electron chi connectivity index (χ0n) is 9.91. The minimum absolute atomic E-state index is 0.339. The van der Waals surface area contributed by atoms with E-state index in [1.807, 2.05) is 0 Å². The van der Waals surface area contributed by atoms with Crippen LogP contribution >= 0.6 is 23.2 Å². The van der Waals surface area contributed by atoms with Crippen LogP contribution in [0.1, 0.15) is 25.5 Å². The van der Waals surface area contributed by atoms with Crippen molar-refractivity contribution in [3.8, 4) is 0 Å². The Morgan fingerprint density at radius 1 is 1.22 bits per heavy atom. The molecule has 0 aliphatic rings. The number of aliphatic carboxylic acids is 1. The van der Waals surface area contributed by atoms with Gasteiger partial charge in [0.25, 0.3) is 0 Å². The predicted octanol–water partition coefficient (Wildman–Crippen LogP) is 2.89. The van der Waals surface area contributed by atoms with E-state index in [9.17, 15) is 9.59 Å². The lowest BCUT2D eigenvalue weighted by Crippen LogP contribution is -2.35. The van der Waals surface area contributed by atoms with Crippen molar-refractivity contribution < 1.29 is 14.7 Å². The highest BCUT2D eigenvalue weighted by Gasteiger charge is 2.22. The Morgan fingerprint density at radius 2 is 1.83 bits per heavy atom. The maximum atomic E-state index is 11.6. The first kappa shape index (κ1) is 14.8. The molecule has 1 aromatic carbocycles. The van der Waals surface area contributed by atoms with Crippen molar-refractivity contribution in [2.45, 2.75) is 19.9 Å². The minimum atomic E-state index is -1.16. The molecular formula is C12H13Cl2NO3. The first-order valence-corrected chi connectivity index (χ1v) is 6.06. The molecule has 0 saturated heterocycles. The average Bonchev–Trinajstić information content (AvgIpc) is 2.31. The van der Waals surface area contributed by atoms with Crippen molar-refractivity contribution in [1.29, 1.82) is 0 Å². The van der Waals surface area contributed by atoms with Gasteiger partial charge >= 0.3 is 5.97 Å². The molecule has 0 aliphatic carbocycles. The molecule has 0 spiro atoms. The third-order valence-electron chi connectivity index (χ3n) is 2.57. The molecule has 2 unspecified atom stereocenters. The van der Waals surface area contributed by atoms with E-state index < -0.39 is 17.8 Å². The van der Waals surface area contributed by atoms with Crippen LogP contribution in [0.25, 0.3) is 0 Å². The first-order chi connectivity index (χ1) is 8.32. The Balaban J connectivity index is 2.76. The molecule has 1 amide bonds. The van der Waals surface area contributed by atoms with E-state index in [1.54, 1.807) is 25.1 Å². The summed E-state index contributed by atoms with van der Waals surface area (Å²) in [4.78, 5) is 22.2. The fraction of sp³-hybridized carbons (Fsp3) is 0.333. The van der Waals surface area contributed by atoms with Crippen LogP contribution in [0.15, 0.2) is 18.2 Å². The highest BCUT2D eigenvalue weighted by molar-refractivity contribution is 6.42. The van der Waals surface area contributed by atoms with Gasteiger partial charge in [-0.15, -0.1) is 0 Å². The van der Waals surface area contributed by atoms with Crippen LogP contribution in [0.3, 0.4) is 0 Å². The van der Waals surface area contributed by atoms with Crippen LogP contribution in [0.4, 0.5) is 0 Å². The van der Waals surface area contributed by atoms with Crippen molar-refractivity contribution >= 4 is 35.1 Å². The summed E-state index contributed by atoms with van der Waals surface area (Å²) in [5.41, 5.74) is 0.760. The fourth-order valence-corrected chi connectivity index (χ4v) is 1.62. The topological polar surface area (TPSA) is 66.4 Å². The molecule has 18 heavy (non-hydrogen) atoms. The molecule has 6 heteroatoms. The molecule has 0 aromatic heterocycles. The van der Waals surface area contributed by atoms with E-state index in [-0.39, 0.29) is 6.04 Å². The molecule has 0 fully saturated rings. The Kier molecular flexibility index (Phi) is 4.99. The molecule has 98 valence electrons. The van der Waals surface area contributed by atoms with Crippen LogP contribution in [0, 0.1) is 5.92 Å². The van der Waals surface area contributed by atoms with Crippen molar-refractivity contribution in [2.75, 3.05) is 0 Å². The van der Waals surface area contributed by atoms with E-state index in [2.05, 4.69) is 5.32 Å². The van der Waals surface area contributed by atoms with Crippen molar-refractivity contribution in [2.24, 2.45) is 5.92 Å². The summed E-state index contributed by atoms with van der Waals surface area (Å²) >= 11 is 11.7. The summed E-state index contributed by atoms with van der Waals surface area (Å²) in [6.07, 6.45) is 0. The number of carboxylic acid groups (broad SMARTS) is 1. The Morgan fingerprint density at radius 3 is 2.33 bits per heavy atom. The first-order valence-electron chi connectivity index (χ1n) is 5.31. The second kappa shape index (κ2) is 6.07. The molecular weight excluding hydrogens is 277 g/mol. The van der Waals surface area contributed by atoms with E-state index in [0.717, 1.165) is 5.56 Å². The lowest BCUT2D eigenvalue weighted by Gasteiger charge is -2.16. The van der Waals surface area contributed by atoms with Gasteiger partial charge in [0.1, 0.15) is 5.92 Å². The normalized spacial score (nSPS) is 13.8. The SMILES string of the molecule is CC(C(=O)O)C(=O)NC(C)c1ccc(Cl)c(Cl)c1. The number of rotatable bonds is 4. The van der Waals surface area contributed by atoms with Gasteiger partial charge in [-0.1, -0.05) is 29.3 Å². The molecule has 1 aromatic rings. The Bertz CT molecular complexity index is 476. The van der Waals surface area contributed by atoms with Gasteiger partial charge in [-0.05, 0) is 31.5 Å². The number of halogens is 2. The quantitative estimate of drug-likeness (QED) is 0.838. The zero-order chi connectivity index (χ0) is 13.9. The zero-order valence-corrected chi connectivity index (χ0v) is 11.4. The summed E-state index contributed by atoms with van der Waals surface area (Å²) in [7, 11) is 0. The molecule has 0 heterocycles. The number of carbonyl (C=O) groups is 2. The summed E-state index contributed by atoms with van der Waals surface area (Å²) in [6.45, 7) is 3.07. The summed E-state index contributed by atoms with van der Waals surface area (Å²) < 4.78 is 0. The van der Waals surface area contributed by atoms with Crippen LogP contribution in [0.5, 0.6) is 0 Å². The molecule has 2 atom stereocenters. The second-order valence-corrected chi connectivity index (χ2v) is 4.78. The fourth-order valence-electron chi connectivity index (χ4n) is 1.32. The van der Waals surface area contributed by atoms with E-state index in [1.165, 1.54) is 6.92 Å². The lowest BCUT2D eigenvalue weighted by atomic mass is 10.1. The number of hydrogen-bond donors (Lipinski definition) is 2. The molecule has 1 rings (SSSR count). The third-order valence-corrected chi connectivity index (χ3v) is 3.31. The largest absolute Gasteiger partial charge is 0.481 e. The van der Waals surface area contributed by atoms with Gasteiger partial charge in [0, 0.05) is 0 Å². The van der Waals surface area contributed by atoms with Gasteiger partial charge < -0.3 is 10.4 Å². The number of nitrogens with one attached hydrogen (secondary N) is 1. The highest BCUT2D eigenvalue weighted by atomic mass is 35.5. The molecule has 0 radical (unpaired) electrons. The summed E-state index contributed by atoms with van der Waals surface area (Å²) in [6, 6.07) is 4.65. The molecule has 0 saturated carbocycles. The Labute approximate surface area is 115 Å². The summed E-state index contributed by atoms with van der Waals surface area (Å²) in [5, 5.41) is 12.1. The van der Waals surface area contributed by atoms with Crippen molar-refractivity contribution in [3.63, 3.8) is 0 Å². The number of amides is 1. The highest BCUT2D eigenvalue weighted by Crippen LogP contribution is 2.25. The van der Waals surface area contributed by atoms with Crippen molar-refractivity contribution in [3.05, 3.63) is 33.8 Å². The van der Waals surface area contributed by atoms with Crippen LogP contribution < -0.4 is 5.32 Å². The van der Waals surface area contributed by atoms with Crippen LogP contribution in [-0.4, -0.2) is 17.0 Å². The van der Waals surface area contributed by atoms with E-state index in [0.29, 0.717) is 10.0 Å². The van der Waals surface area contributed by atoms with Gasteiger partial charge in [0.15, 0.2) is 0 Å². The predicted molar refractivity (Wildman–Crippen MR) is 69.8 cm³/mol. The van der Waals surface area contributed by atoms with Crippen molar-refractivity contribution in [1.82, 2.24) is 5.32 Å². The molecule has 0 aliphatic heterocycles. The maximum absolute atomic E-state index is 11.6. The maximum Gasteiger partial charge on any atom is 0.315 e. The van der Waals surface area contributed by atoms with Gasteiger partial charge in [-0.25, -0.2) is 0 Å². The number of hydrogen-bond acceptors (Lipinski definition) is 2. The monoisotopic (exact) mass is 289 g/mol. The number of benzene rings is 1. The molecule has 4 nitrogen and oxygen atoms in total. The van der Waals surface area contributed by atoms with Crippen LogP contribution in [0.2, 0.25) is 10.0 Å². The van der Waals surface area contributed by atoms with Gasteiger partial charge in [0.05, 0.1) is 16.1 Å². The van der Waals surface area contributed by atoms with Gasteiger partial charge in [-0.2, -0.15) is 0 Å². The lowest BCUT2D eigenvalue weighted by molar-refractivity contribution is -0.146. The smallest absolute Gasteiger partial charge is 0.315 e. The second-order valence-electron chi connectivity index (χ2n) is 3.96. The van der Waals surface area contributed by atoms with E-state index in [4.69, 9.17) is 28.3 Å². The molecule has 2 N–H and O–H groups in total. The summed E-state index contributed by atoms with van der Waals surface area (Å²) in [5.74, 6) is -2.79.